The lowest BCUT2D eigenvalue weighted by Gasteiger charge is -2.30. The molecule has 0 fully saturated rings. The second kappa shape index (κ2) is 51.4. The molecule has 0 saturated carbocycles. The van der Waals surface area contributed by atoms with Crippen molar-refractivity contribution < 1.29 is 37.3 Å². The summed E-state index contributed by atoms with van der Waals surface area (Å²) in [6.45, 7) is 6.48. The zero-order chi connectivity index (χ0) is 53.6. The molecule has 0 saturated heterocycles. The average Bonchev–Trinajstić information content (AvgIpc) is 3.35. The first-order chi connectivity index (χ1) is 35.4. The zero-order valence-corrected chi connectivity index (χ0v) is 47.7. The minimum absolute atomic E-state index is 0.0460. The molecule has 10 heteroatoms. The molecule has 3 unspecified atom stereocenters. The predicted octanol–water partition coefficient (Wildman–Crippen LogP) is 16.5. The van der Waals surface area contributed by atoms with Crippen LogP contribution in [0.25, 0.3) is 0 Å². The summed E-state index contributed by atoms with van der Waals surface area (Å²) in [6.07, 6.45) is 73.9. The topological polar surface area (TPSA) is 114 Å². The summed E-state index contributed by atoms with van der Waals surface area (Å²) in [4.78, 5) is 39.8. The number of esters is 1. The van der Waals surface area contributed by atoms with Gasteiger partial charge >= 0.3 is 5.97 Å². The van der Waals surface area contributed by atoms with Gasteiger partial charge in [0.1, 0.15) is 19.3 Å². The normalized spacial score (nSPS) is 14.9. The number of ether oxygens (including phenoxy) is 1. The van der Waals surface area contributed by atoms with Crippen molar-refractivity contribution in [1.29, 1.82) is 0 Å². The molecule has 9 nitrogen and oxygen atoms in total. The number of amides is 1. The molecule has 0 rings (SSSR count). The van der Waals surface area contributed by atoms with E-state index in [4.69, 9.17) is 13.8 Å². The van der Waals surface area contributed by atoms with Gasteiger partial charge in [0.25, 0.3) is 7.82 Å². The Labute approximate surface area is 447 Å². The van der Waals surface area contributed by atoms with Crippen LogP contribution < -0.4 is 10.2 Å². The SMILES string of the molecule is CC\C=C/C=C/C=C/C=C\C=C\C=C\CCCCCC(=O)OC(/C=C/CCCCCCCCCCC)C(COP(=O)([O-])OCC[N+](C)(C)C)NC(=O)CCCCC/C=C\C/C=C\C/C=C\C/C=C\C/C=C\CC. The van der Waals surface area contributed by atoms with Gasteiger partial charge in [0.15, 0.2) is 0 Å². The minimum Gasteiger partial charge on any atom is -0.756 e. The third-order valence-electron chi connectivity index (χ3n) is 11.4. The highest BCUT2D eigenvalue weighted by Crippen LogP contribution is 2.38. The Kier molecular flexibility index (Phi) is 48.5. The summed E-state index contributed by atoms with van der Waals surface area (Å²) in [5.41, 5.74) is 0. The molecule has 0 aromatic rings. The fraction of sp³-hybridized carbons (Fsp3) is 0.587. The molecular weight excluding hydrogens is 928 g/mol. The van der Waals surface area contributed by atoms with E-state index in [1.165, 1.54) is 44.9 Å². The Morgan fingerprint density at radius 3 is 1.48 bits per heavy atom. The van der Waals surface area contributed by atoms with Crippen molar-refractivity contribution in [1.82, 2.24) is 5.32 Å². The Bertz CT molecular complexity index is 1760. The van der Waals surface area contributed by atoms with Gasteiger partial charge in [0.2, 0.25) is 5.91 Å². The van der Waals surface area contributed by atoms with Gasteiger partial charge < -0.3 is 28.5 Å². The monoisotopic (exact) mass is 1030 g/mol. The molecular formula is C63H103N2O7P. The molecule has 0 aliphatic rings. The lowest BCUT2D eigenvalue weighted by atomic mass is 10.1. The van der Waals surface area contributed by atoms with Crippen LogP contribution in [-0.2, 0) is 27.9 Å². The molecule has 3 atom stereocenters. The molecule has 412 valence electrons. The number of allylic oxidation sites excluding steroid dienone is 23. The number of quaternary nitrogens is 1. The molecule has 1 amide bonds. The molecule has 0 aliphatic heterocycles. The Morgan fingerprint density at radius 2 is 0.945 bits per heavy atom. The van der Waals surface area contributed by atoms with Crippen LogP contribution in [0, 0.1) is 0 Å². The smallest absolute Gasteiger partial charge is 0.306 e. The molecule has 0 radical (unpaired) electrons. The van der Waals surface area contributed by atoms with E-state index >= 15 is 0 Å². The van der Waals surface area contributed by atoms with Gasteiger partial charge in [0.05, 0.1) is 33.8 Å². The predicted molar refractivity (Wildman–Crippen MR) is 311 cm³/mol. The van der Waals surface area contributed by atoms with E-state index in [1.54, 1.807) is 6.08 Å². The summed E-state index contributed by atoms with van der Waals surface area (Å²) >= 11 is 0. The number of rotatable bonds is 48. The maximum atomic E-state index is 13.5. The number of likely N-dealkylation sites (N-methyl/N-ethyl adjacent to an activating group) is 1. The van der Waals surface area contributed by atoms with Crippen molar-refractivity contribution in [3.05, 3.63) is 146 Å². The van der Waals surface area contributed by atoms with E-state index in [0.29, 0.717) is 23.9 Å². The number of carbonyl (C=O) groups excluding carboxylic acids is 2. The Balaban J connectivity index is 5.50. The third kappa shape index (κ3) is 52.6. The summed E-state index contributed by atoms with van der Waals surface area (Å²) in [5, 5.41) is 2.98. The minimum atomic E-state index is -4.73. The van der Waals surface area contributed by atoms with Crippen LogP contribution in [0.1, 0.15) is 188 Å². The van der Waals surface area contributed by atoms with Crippen LogP contribution in [0.4, 0.5) is 0 Å². The second-order valence-electron chi connectivity index (χ2n) is 19.5. The first-order valence-electron chi connectivity index (χ1n) is 28.2. The highest BCUT2D eigenvalue weighted by molar-refractivity contribution is 7.45. The average molecular weight is 1030 g/mol. The number of phosphoric ester groups is 1. The number of nitrogens with zero attached hydrogens (tertiary/aromatic N) is 1. The maximum Gasteiger partial charge on any atom is 0.306 e. The van der Waals surface area contributed by atoms with Gasteiger partial charge in [-0.15, -0.1) is 0 Å². The summed E-state index contributed by atoms with van der Waals surface area (Å²) < 4.78 is 30.1. The summed E-state index contributed by atoms with van der Waals surface area (Å²) in [6, 6.07) is -0.935. The molecule has 0 aliphatic carbocycles. The van der Waals surface area contributed by atoms with Gasteiger partial charge in [-0.05, 0) is 96.0 Å². The molecule has 0 heterocycles. The lowest BCUT2D eigenvalue weighted by molar-refractivity contribution is -0.870. The van der Waals surface area contributed by atoms with Crippen molar-refractivity contribution in [3.8, 4) is 0 Å². The van der Waals surface area contributed by atoms with E-state index in [1.807, 2.05) is 88.0 Å². The first kappa shape index (κ1) is 68.9. The summed E-state index contributed by atoms with van der Waals surface area (Å²) in [7, 11) is 1.11. The number of nitrogens with one attached hydrogen (secondary N) is 1. The third-order valence-corrected chi connectivity index (χ3v) is 12.4. The van der Waals surface area contributed by atoms with Gasteiger partial charge in [-0.25, -0.2) is 0 Å². The van der Waals surface area contributed by atoms with E-state index in [0.717, 1.165) is 96.3 Å². The molecule has 0 spiro atoms. The molecule has 73 heavy (non-hydrogen) atoms. The number of unbranched alkanes of at least 4 members (excludes halogenated alkanes) is 15. The highest BCUT2D eigenvalue weighted by atomic mass is 31.2. The zero-order valence-electron chi connectivity index (χ0n) is 46.8. The number of hydrogen-bond acceptors (Lipinski definition) is 7. The Hall–Kier alpha value is -4.11. The van der Waals surface area contributed by atoms with E-state index in [-0.39, 0.29) is 25.4 Å². The molecule has 0 bridgehead atoms. The van der Waals surface area contributed by atoms with Crippen molar-refractivity contribution in [2.45, 2.75) is 200 Å². The van der Waals surface area contributed by atoms with E-state index < -0.39 is 32.5 Å². The van der Waals surface area contributed by atoms with Crippen LogP contribution in [-0.4, -0.2) is 69.4 Å². The van der Waals surface area contributed by atoms with Crippen molar-refractivity contribution in [3.63, 3.8) is 0 Å². The van der Waals surface area contributed by atoms with Crippen LogP contribution >= 0.6 is 7.82 Å². The van der Waals surface area contributed by atoms with Crippen LogP contribution in [0.15, 0.2) is 146 Å². The van der Waals surface area contributed by atoms with Gasteiger partial charge in [-0.2, -0.15) is 0 Å². The number of carbonyl (C=O) groups is 2. The number of hydrogen-bond donors (Lipinski definition) is 1. The standard InChI is InChI=1S/C63H103N2O7P/c1-7-10-13-16-19-22-25-27-29-31-32-34-35-37-40-43-46-49-52-55-62(66)64-60(59-71-73(68,69)70-58-57-65(4,5)6)61(54-51-48-45-42-39-24-21-18-15-12-9-3)72-63(67)56-53-50-47-44-41-38-36-33-30-28-26-23-20-17-14-11-8-2/h10-11,13-14,17,19-20,22-23,26-30,32-34,36-38,40-41,51,54,60-61H,7-9,12,15-16,18,21,24-25,31,35,39,42-50,52-53,55-59H2,1-6H3,(H-,64,66,68,69)/b13-10-,14-11-,20-17+,22-19-,26-23+,29-27-,30-28-,34-32-,36-33+,40-37-,41-38+,54-51+. The quantitative estimate of drug-likeness (QED) is 0.0161. The second-order valence-corrected chi connectivity index (χ2v) is 20.9. The Morgan fingerprint density at radius 1 is 0.507 bits per heavy atom. The van der Waals surface area contributed by atoms with Crippen molar-refractivity contribution in [2.24, 2.45) is 0 Å². The molecule has 0 aromatic heterocycles. The van der Waals surface area contributed by atoms with Gasteiger partial charge in [-0.1, -0.05) is 225 Å². The van der Waals surface area contributed by atoms with Crippen LogP contribution in [0.2, 0.25) is 0 Å². The van der Waals surface area contributed by atoms with Crippen LogP contribution in [0.3, 0.4) is 0 Å². The van der Waals surface area contributed by atoms with E-state index in [2.05, 4.69) is 99.0 Å². The van der Waals surface area contributed by atoms with Crippen molar-refractivity contribution >= 4 is 19.7 Å². The molecule has 1 N–H and O–H groups in total. The van der Waals surface area contributed by atoms with E-state index in [9.17, 15) is 19.0 Å². The molecule has 0 aromatic carbocycles. The van der Waals surface area contributed by atoms with Gasteiger partial charge in [0, 0.05) is 12.8 Å². The van der Waals surface area contributed by atoms with Gasteiger partial charge in [-0.3, -0.25) is 14.2 Å². The number of phosphoric acid groups is 1. The lowest BCUT2D eigenvalue weighted by Crippen LogP contribution is -2.47. The largest absolute Gasteiger partial charge is 0.756 e. The fourth-order valence-electron chi connectivity index (χ4n) is 7.11. The van der Waals surface area contributed by atoms with Crippen LogP contribution in [0.5, 0.6) is 0 Å². The summed E-state index contributed by atoms with van der Waals surface area (Å²) in [5.74, 6) is -0.647. The first-order valence-corrected chi connectivity index (χ1v) is 29.7. The maximum absolute atomic E-state index is 13.5. The van der Waals surface area contributed by atoms with Crippen molar-refractivity contribution in [2.75, 3.05) is 40.9 Å². The highest BCUT2D eigenvalue weighted by Gasteiger charge is 2.27. The fourth-order valence-corrected chi connectivity index (χ4v) is 7.83.